The second kappa shape index (κ2) is 4.95. The summed E-state index contributed by atoms with van der Waals surface area (Å²) >= 11 is 2.37. The van der Waals surface area contributed by atoms with Gasteiger partial charge in [0.1, 0.15) is 16.0 Å². The lowest BCUT2D eigenvalue weighted by Crippen LogP contribution is -1.90. The summed E-state index contributed by atoms with van der Waals surface area (Å²) in [5, 5.41) is 19.8. The molecule has 2 aromatic rings. The summed E-state index contributed by atoms with van der Waals surface area (Å²) in [6.07, 6.45) is 2.94. The van der Waals surface area contributed by atoms with E-state index in [-0.39, 0.29) is 10.6 Å². The maximum absolute atomic E-state index is 10.7. The van der Waals surface area contributed by atoms with Gasteiger partial charge < -0.3 is 5.11 Å². The summed E-state index contributed by atoms with van der Waals surface area (Å²) in [5.41, 5.74) is 0.237. The second-order valence-electron chi connectivity index (χ2n) is 2.88. The van der Waals surface area contributed by atoms with Gasteiger partial charge in [0.05, 0.1) is 0 Å². The fourth-order valence-corrected chi connectivity index (χ4v) is 2.80. The lowest BCUT2D eigenvalue weighted by atomic mass is 10.5. The predicted molar refractivity (Wildman–Crippen MR) is 62.1 cm³/mol. The van der Waals surface area contributed by atoms with E-state index < -0.39 is 5.97 Å². The molecule has 0 aliphatic carbocycles. The average Bonchev–Trinajstić information content (AvgIpc) is 2.78. The lowest BCUT2D eigenvalue weighted by molar-refractivity contribution is 0.0702. The Hall–Kier alpha value is -1.91. The minimum atomic E-state index is -0.957. The van der Waals surface area contributed by atoms with E-state index in [4.69, 9.17) is 10.4 Å². The Labute approximate surface area is 105 Å². The van der Waals surface area contributed by atoms with E-state index in [9.17, 15) is 4.79 Å². The van der Waals surface area contributed by atoms with E-state index in [1.165, 1.54) is 24.2 Å². The van der Waals surface area contributed by atoms with Crippen molar-refractivity contribution >= 4 is 29.1 Å². The molecule has 84 valence electrons. The molecule has 0 saturated heterocycles. The predicted octanol–water partition coefficient (Wildman–Crippen LogP) is 2.26. The monoisotopic (exact) mass is 263 g/mol. The van der Waals surface area contributed by atoms with Crippen molar-refractivity contribution < 1.29 is 9.90 Å². The molecule has 2 rings (SSSR count). The van der Waals surface area contributed by atoms with Crippen LogP contribution in [0.15, 0.2) is 33.8 Å². The molecule has 0 spiro atoms. The molecule has 17 heavy (non-hydrogen) atoms. The van der Waals surface area contributed by atoms with Gasteiger partial charge in [-0.15, -0.1) is 11.3 Å². The van der Waals surface area contributed by atoms with Gasteiger partial charge in [-0.05, 0) is 6.07 Å². The lowest BCUT2D eigenvalue weighted by Gasteiger charge is -1.98. The van der Waals surface area contributed by atoms with Crippen molar-refractivity contribution in [2.45, 2.75) is 9.92 Å². The van der Waals surface area contributed by atoms with Crippen molar-refractivity contribution in [1.82, 2.24) is 9.97 Å². The number of thiophene rings is 1. The number of rotatable bonds is 3. The SMILES string of the molecule is N#Cc1nccnc1Sc1csc(C(=O)O)c1. The summed E-state index contributed by atoms with van der Waals surface area (Å²) in [6.45, 7) is 0. The van der Waals surface area contributed by atoms with Crippen LogP contribution in [0.1, 0.15) is 15.4 Å². The molecule has 2 heterocycles. The van der Waals surface area contributed by atoms with Crippen molar-refractivity contribution in [3.05, 3.63) is 34.4 Å². The molecule has 0 atom stereocenters. The standard InChI is InChI=1S/C10H5N3O2S2/c11-4-7-9(13-2-1-12-7)17-6-3-8(10(14)15)16-5-6/h1-3,5H,(H,14,15). The fraction of sp³-hybridized carbons (Fsp3) is 0. The van der Waals surface area contributed by atoms with Crippen LogP contribution in [0.5, 0.6) is 0 Å². The highest BCUT2D eigenvalue weighted by atomic mass is 32.2. The normalized spacial score (nSPS) is 9.82. The molecule has 1 N–H and O–H groups in total. The van der Waals surface area contributed by atoms with E-state index in [0.29, 0.717) is 5.03 Å². The van der Waals surface area contributed by atoms with Gasteiger partial charge in [0.2, 0.25) is 0 Å². The third-order valence-corrected chi connectivity index (χ3v) is 3.80. The Balaban J connectivity index is 2.26. The zero-order valence-electron chi connectivity index (χ0n) is 8.32. The smallest absolute Gasteiger partial charge is 0.345 e. The average molecular weight is 263 g/mol. The van der Waals surface area contributed by atoms with Crippen LogP contribution < -0.4 is 0 Å². The summed E-state index contributed by atoms with van der Waals surface area (Å²) in [6, 6.07) is 3.49. The molecule has 0 fully saturated rings. The minimum absolute atomic E-state index is 0.237. The van der Waals surface area contributed by atoms with Crippen LogP contribution in [0, 0.1) is 11.3 Å². The van der Waals surface area contributed by atoms with E-state index in [0.717, 1.165) is 16.2 Å². The first-order valence-electron chi connectivity index (χ1n) is 4.41. The maximum atomic E-state index is 10.7. The second-order valence-corrected chi connectivity index (χ2v) is 4.85. The van der Waals surface area contributed by atoms with Gasteiger partial charge in [0.25, 0.3) is 0 Å². The summed E-state index contributed by atoms with van der Waals surface area (Å²) in [5.74, 6) is -0.957. The number of aromatic nitrogens is 2. The molecule has 0 bridgehead atoms. The quantitative estimate of drug-likeness (QED) is 0.914. The van der Waals surface area contributed by atoms with Crippen molar-refractivity contribution in [2.24, 2.45) is 0 Å². The topological polar surface area (TPSA) is 86.9 Å². The number of carboxylic acids is 1. The Kier molecular flexibility index (Phi) is 3.37. The molecule has 0 amide bonds. The number of hydrogen-bond acceptors (Lipinski definition) is 6. The molecule has 7 heteroatoms. The number of aromatic carboxylic acids is 1. The van der Waals surface area contributed by atoms with Gasteiger partial charge in [-0.3, -0.25) is 0 Å². The van der Waals surface area contributed by atoms with Gasteiger partial charge in [0, 0.05) is 22.7 Å². The fourth-order valence-electron chi connectivity index (χ4n) is 1.07. The summed E-state index contributed by atoms with van der Waals surface area (Å²) < 4.78 is 0. The molecule has 2 aromatic heterocycles. The van der Waals surface area contributed by atoms with E-state index in [1.807, 2.05) is 6.07 Å². The molecule has 0 unspecified atom stereocenters. The summed E-state index contributed by atoms with van der Waals surface area (Å²) in [7, 11) is 0. The molecule has 0 aliphatic rings. The zero-order chi connectivity index (χ0) is 12.3. The Morgan fingerprint density at radius 3 is 2.88 bits per heavy atom. The number of carbonyl (C=O) groups is 1. The van der Waals surface area contributed by atoms with Gasteiger partial charge >= 0.3 is 5.97 Å². The van der Waals surface area contributed by atoms with Crippen molar-refractivity contribution in [2.75, 3.05) is 0 Å². The van der Waals surface area contributed by atoms with Gasteiger partial charge in [-0.25, -0.2) is 14.8 Å². The Morgan fingerprint density at radius 2 is 2.24 bits per heavy atom. The van der Waals surface area contributed by atoms with Crippen molar-refractivity contribution in [3.8, 4) is 6.07 Å². The number of hydrogen-bond donors (Lipinski definition) is 1. The van der Waals surface area contributed by atoms with Crippen LogP contribution in [0.3, 0.4) is 0 Å². The number of nitrogens with zero attached hydrogens (tertiary/aromatic N) is 3. The third kappa shape index (κ3) is 2.61. The minimum Gasteiger partial charge on any atom is -0.477 e. The highest BCUT2D eigenvalue weighted by molar-refractivity contribution is 7.99. The number of carboxylic acid groups (broad SMARTS) is 1. The van der Waals surface area contributed by atoms with Crippen LogP contribution in [0.25, 0.3) is 0 Å². The molecular formula is C10H5N3O2S2. The molecule has 0 saturated carbocycles. The van der Waals surface area contributed by atoms with Gasteiger partial charge in [-0.2, -0.15) is 5.26 Å². The van der Waals surface area contributed by atoms with Crippen molar-refractivity contribution in [3.63, 3.8) is 0 Å². The van der Waals surface area contributed by atoms with Crippen LogP contribution in [0.2, 0.25) is 0 Å². The van der Waals surface area contributed by atoms with Crippen molar-refractivity contribution in [1.29, 1.82) is 5.26 Å². The summed E-state index contributed by atoms with van der Waals surface area (Å²) in [4.78, 5) is 19.6. The first kappa shape index (κ1) is 11.6. The van der Waals surface area contributed by atoms with Gasteiger partial charge in [0.15, 0.2) is 5.69 Å². The van der Waals surface area contributed by atoms with Crippen LogP contribution in [0.4, 0.5) is 0 Å². The van der Waals surface area contributed by atoms with E-state index in [2.05, 4.69) is 9.97 Å². The molecule has 5 nitrogen and oxygen atoms in total. The largest absolute Gasteiger partial charge is 0.477 e. The highest BCUT2D eigenvalue weighted by Crippen LogP contribution is 2.31. The third-order valence-electron chi connectivity index (χ3n) is 1.77. The molecule has 0 radical (unpaired) electrons. The number of nitriles is 1. The Bertz CT molecular complexity index is 604. The van der Waals surface area contributed by atoms with E-state index >= 15 is 0 Å². The molecule has 0 aliphatic heterocycles. The first-order valence-corrected chi connectivity index (χ1v) is 6.11. The highest BCUT2D eigenvalue weighted by Gasteiger charge is 2.11. The van der Waals surface area contributed by atoms with Crippen LogP contribution >= 0.6 is 23.1 Å². The van der Waals surface area contributed by atoms with Crippen LogP contribution in [-0.2, 0) is 0 Å². The Morgan fingerprint density at radius 1 is 1.47 bits per heavy atom. The maximum Gasteiger partial charge on any atom is 0.345 e. The van der Waals surface area contributed by atoms with Crippen LogP contribution in [-0.4, -0.2) is 21.0 Å². The van der Waals surface area contributed by atoms with E-state index in [1.54, 1.807) is 11.4 Å². The van der Waals surface area contributed by atoms with Gasteiger partial charge in [-0.1, -0.05) is 11.8 Å². The first-order chi connectivity index (χ1) is 8.20. The molecule has 0 aromatic carbocycles. The zero-order valence-corrected chi connectivity index (χ0v) is 9.96. The molecular weight excluding hydrogens is 258 g/mol.